The molecule has 2 nitrogen and oxygen atoms in total. The molecule has 5 rings (SSSR count). The first-order valence-electron chi connectivity index (χ1n) is 8.05. The van der Waals surface area contributed by atoms with Crippen LogP contribution in [0.4, 0.5) is 5.69 Å². The van der Waals surface area contributed by atoms with Gasteiger partial charge >= 0.3 is 0 Å². The molecule has 21 heavy (non-hydrogen) atoms. The summed E-state index contributed by atoms with van der Waals surface area (Å²) in [6, 6.07) is 7.87. The third-order valence-corrected chi connectivity index (χ3v) is 6.26. The molecule has 0 unspecified atom stereocenters. The Morgan fingerprint density at radius 3 is 2.05 bits per heavy atom. The van der Waals surface area contributed by atoms with Crippen LogP contribution in [0.1, 0.15) is 38.5 Å². The number of halogens is 1. The van der Waals surface area contributed by atoms with E-state index in [2.05, 4.69) is 0 Å². The average Bonchev–Trinajstić information content (AvgIpc) is 2.46. The summed E-state index contributed by atoms with van der Waals surface area (Å²) < 4.78 is 5.19. The molecule has 0 aliphatic heterocycles. The van der Waals surface area contributed by atoms with E-state index in [-0.39, 0.29) is 5.41 Å². The molecule has 0 amide bonds. The summed E-state index contributed by atoms with van der Waals surface area (Å²) in [6.07, 6.45) is 8.09. The van der Waals surface area contributed by atoms with Gasteiger partial charge in [-0.3, -0.25) is 0 Å². The molecule has 112 valence electrons. The molecule has 4 saturated carbocycles. The number of nitrogens with zero attached hydrogens (tertiary/aromatic N) is 1. The maximum Gasteiger partial charge on any atom is 0.119 e. The molecule has 0 aromatic heterocycles. The van der Waals surface area contributed by atoms with E-state index in [1.54, 1.807) is 7.11 Å². The molecule has 0 spiro atoms. The van der Waals surface area contributed by atoms with E-state index in [1.807, 2.05) is 24.3 Å². The van der Waals surface area contributed by atoms with E-state index in [1.165, 1.54) is 38.5 Å². The minimum Gasteiger partial charge on any atom is -0.497 e. The van der Waals surface area contributed by atoms with Crippen LogP contribution in [0.2, 0.25) is 0 Å². The molecule has 4 fully saturated rings. The fourth-order valence-electron chi connectivity index (χ4n) is 5.25. The molecule has 0 radical (unpaired) electrons. The predicted octanol–water partition coefficient (Wildman–Crippen LogP) is 5.18. The second-order valence-electron chi connectivity index (χ2n) is 7.30. The van der Waals surface area contributed by atoms with E-state index < -0.39 is 0 Å². The molecular formula is C18H22ClNO. The minimum atomic E-state index is 0.191. The Morgan fingerprint density at radius 2 is 1.57 bits per heavy atom. The lowest BCUT2D eigenvalue weighted by molar-refractivity contribution is -0.0108. The van der Waals surface area contributed by atoms with E-state index in [9.17, 15) is 0 Å². The van der Waals surface area contributed by atoms with Gasteiger partial charge < -0.3 is 4.74 Å². The first kappa shape index (κ1) is 13.6. The summed E-state index contributed by atoms with van der Waals surface area (Å²) in [4.78, 5) is 4.75. The van der Waals surface area contributed by atoms with Gasteiger partial charge in [-0.25, -0.2) is 4.99 Å². The van der Waals surface area contributed by atoms with Crippen LogP contribution in [0.15, 0.2) is 29.3 Å². The molecule has 1 aromatic rings. The lowest BCUT2D eigenvalue weighted by Gasteiger charge is -2.56. The zero-order chi connectivity index (χ0) is 14.4. The first-order chi connectivity index (χ1) is 10.2. The molecule has 3 heteroatoms. The molecule has 0 N–H and O–H groups in total. The van der Waals surface area contributed by atoms with Gasteiger partial charge in [0.1, 0.15) is 10.9 Å². The molecule has 4 aliphatic carbocycles. The number of methoxy groups -OCH3 is 1. The van der Waals surface area contributed by atoms with Crippen LogP contribution in [-0.2, 0) is 0 Å². The highest BCUT2D eigenvalue weighted by molar-refractivity contribution is 6.66. The van der Waals surface area contributed by atoms with Gasteiger partial charge in [-0.2, -0.15) is 0 Å². The topological polar surface area (TPSA) is 21.6 Å². The Labute approximate surface area is 131 Å². The fraction of sp³-hybridized carbons (Fsp3) is 0.611. The van der Waals surface area contributed by atoms with Gasteiger partial charge in [-0.15, -0.1) is 0 Å². The van der Waals surface area contributed by atoms with Crippen molar-refractivity contribution in [3.8, 4) is 5.75 Å². The van der Waals surface area contributed by atoms with Crippen molar-refractivity contribution in [2.45, 2.75) is 38.5 Å². The number of benzene rings is 1. The molecule has 4 aliphatic rings. The Hall–Kier alpha value is -1.02. The second kappa shape index (κ2) is 5.01. The van der Waals surface area contributed by atoms with Crippen molar-refractivity contribution in [2.24, 2.45) is 28.2 Å². The molecule has 1 aromatic carbocycles. The summed E-state index contributed by atoms with van der Waals surface area (Å²) in [6.45, 7) is 0. The van der Waals surface area contributed by atoms with Gasteiger partial charge in [0, 0.05) is 5.41 Å². The Bertz CT molecular complexity index is 528. The van der Waals surface area contributed by atoms with Crippen LogP contribution in [-0.4, -0.2) is 12.3 Å². The normalized spacial score (nSPS) is 37.8. The largest absolute Gasteiger partial charge is 0.497 e. The van der Waals surface area contributed by atoms with Gasteiger partial charge in [0.2, 0.25) is 0 Å². The molecule has 0 atom stereocenters. The van der Waals surface area contributed by atoms with Gasteiger partial charge in [-0.05, 0) is 80.5 Å². The summed E-state index contributed by atoms with van der Waals surface area (Å²) >= 11 is 6.73. The van der Waals surface area contributed by atoms with Crippen LogP contribution in [0.25, 0.3) is 0 Å². The summed E-state index contributed by atoms with van der Waals surface area (Å²) in [7, 11) is 1.68. The molecule has 0 saturated heterocycles. The number of hydrogen-bond acceptors (Lipinski definition) is 2. The number of ether oxygens (including phenoxy) is 1. The van der Waals surface area contributed by atoms with Crippen molar-refractivity contribution in [3.63, 3.8) is 0 Å². The smallest absolute Gasteiger partial charge is 0.119 e. The highest BCUT2D eigenvalue weighted by Gasteiger charge is 2.53. The van der Waals surface area contributed by atoms with Crippen molar-refractivity contribution in [1.82, 2.24) is 0 Å². The third-order valence-electron chi connectivity index (χ3n) is 5.78. The lowest BCUT2D eigenvalue weighted by atomic mass is 9.50. The average molecular weight is 304 g/mol. The van der Waals surface area contributed by atoms with Gasteiger partial charge in [0.15, 0.2) is 0 Å². The standard InChI is InChI=1S/C18H22ClNO/c1-21-16-4-2-15(3-5-16)20-17(19)18-9-12-6-13(10-18)8-14(7-12)11-18/h2-5,12-14H,6-11H2,1H3. The van der Waals surface area contributed by atoms with Gasteiger partial charge in [0.05, 0.1) is 12.8 Å². The summed E-state index contributed by atoms with van der Waals surface area (Å²) in [5, 5.41) is 0.853. The van der Waals surface area contributed by atoms with Crippen LogP contribution in [0.3, 0.4) is 0 Å². The number of rotatable bonds is 3. The molecular weight excluding hydrogens is 282 g/mol. The number of aliphatic imine (C=N–C) groups is 1. The van der Waals surface area contributed by atoms with Crippen molar-refractivity contribution in [1.29, 1.82) is 0 Å². The predicted molar refractivity (Wildman–Crippen MR) is 86.5 cm³/mol. The van der Waals surface area contributed by atoms with Crippen LogP contribution < -0.4 is 4.74 Å². The maximum absolute atomic E-state index is 6.73. The van der Waals surface area contributed by atoms with Crippen molar-refractivity contribution in [2.75, 3.05) is 7.11 Å². The summed E-state index contributed by atoms with van der Waals surface area (Å²) in [5.74, 6) is 3.56. The highest BCUT2D eigenvalue weighted by atomic mass is 35.5. The fourth-order valence-corrected chi connectivity index (χ4v) is 5.58. The first-order valence-corrected chi connectivity index (χ1v) is 8.43. The van der Waals surface area contributed by atoms with Gasteiger partial charge in [-0.1, -0.05) is 11.6 Å². The van der Waals surface area contributed by atoms with E-state index in [0.717, 1.165) is 34.4 Å². The van der Waals surface area contributed by atoms with Crippen LogP contribution in [0, 0.1) is 23.2 Å². The zero-order valence-electron chi connectivity index (χ0n) is 12.5. The zero-order valence-corrected chi connectivity index (χ0v) is 13.3. The van der Waals surface area contributed by atoms with Crippen molar-refractivity contribution >= 4 is 22.5 Å². The second-order valence-corrected chi connectivity index (χ2v) is 7.66. The van der Waals surface area contributed by atoms with E-state index >= 15 is 0 Å². The Kier molecular flexibility index (Phi) is 3.25. The highest BCUT2D eigenvalue weighted by Crippen LogP contribution is 2.61. The van der Waals surface area contributed by atoms with E-state index in [4.69, 9.17) is 21.3 Å². The molecule has 4 bridgehead atoms. The summed E-state index contributed by atoms with van der Waals surface area (Å²) in [5.41, 5.74) is 1.13. The van der Waals surface area contributed by atoms with E-state index in [0.29, 0.717) is 0 Å². The molecule has 0 heterocycles. The quantitative estimate of drug-likeness (QED) is 0.705. The van der Waals surface area contributed by atoms with Crippen LogP contribution >= 0.6 is 11.6 Å². The maximum atomic E-state index is 6.73. The third kappa shape index (κ3) is 2.38. The SMILES string of the molecule is COc1ccc(N=C(Cl)C23CC4CC(CC(C4)C2)C3)cc1. The monoisotopic (exact) mass is 303 g/mol. The van der Waals surface area contributed by atoms with Crippen LogP contribution in [0.5, 0.6) is 5.75 Å². The van der Waals surface area contributed by atoms with Crippen molar-refractivity contribution in [3.05, 3.63) is 24.3 Å². The minimum absolute atomic E-state index is 0.191. The van der Waals surface area contributed by atoms with Gasteiger partial charge in [0.25, 0.3) is 0 Å². The number of hydrogen-bond donors (Lipinski definition) is 0. The lowest BCUT2D eigenvalue weighted by Crippen LogP contribution is -2.48. The Morgan fingerprint density at radius 1 is 1.05 bits per heavy atom. The van der Waals surface area contributed by atoms with Crippen molar-refractivity contribution < 1.29 is 4.74 Å². The Balaban J connectivity index is 1.61.